The number of carbonyl (C=O) groups excluding carboxylic acids is 1. The van der Waals surface area contributed by atoms with Crippen LogP contribution in [0.4, 0.5) is 0 Å². The van der Waals surface area contributed by atoms with Gasteiger partial charge in [-0.2, -0.15) is 0 Å². The number of hydrogen-bond acceptors (Lipinski definition) is 3. The Labute approximate surface area is 84.9 Å². The van der Waals surface area contributed by atoms with Gasteiger partial charge in [0.15, 0.2) is 0 Å². The predicted octanol–water partition coefficient (Wildman–Crippen LogP) is 0.0109. The van der Waals surface area contributed by atoms with Crippen LogP contribution in [0.2, 0.25) is 0 Å². The van der Waals surface area contributed by atoms with Crippen LogP contribution in [-0.4, -0.2) is 50.7 Å². The van der Waals surface area contributed by atoms with E-state index in [2.05, 4.69) is 10.2 Å². The summed E-state index contributed by atoms with van der Waals surface area (Å²) < 4.78 is 5.23. The highest BCUT2D eigenvalue weighted by Crippen LogP contribution is 1.96. The molecule has 0 bridgehead atoms. The molecule has 0 atom stereocenters. The first kappa shape index (κ1) is 11.2. The summed E-state index contributed by atoms with van der Waals surface area (Å²) in [5.41, 5.74) is 0. The maximum atomic E-state index is 10.9. The van der Waals surface area contributed by atoms with E-state index in [1.54, 1.807) is 7.05 Å². The maximum absolute atomic E-state index is 10.9. The van der Waals surface area contributed by atoms with Gasteiger partial charge in [-0.15, -0.1) is 0 Å². The molecule has 0 aromatic carbocycles. The second kappa shape index (κ2) is 6.56. The molecule has 1 aliphatic rings. The maximum Gasteiger partial charge on any atom is 0.223 e. The van der Waals surface area contributed by atoms with Crippen LogP contribution in [0, 0.1) is 0 Å². The Hall–Kier alpha value is -0.870. The highest BCUT2D eigenvalue weighted by Gasteiger charge is 2.07. The number of ether oxygens (including phenoxy) is 1. The fraction of sp³-hybridized carbons (Fsp3) is 0.700. The summed E-state index contributed by atoms with van der Waals surface area (Å²) in [7, 11) is 1.65. The minimum Gasteiger partial charge on any atom is -0.379 e. The molecule has 1 aliphatic heterocycles. The Morgan fingerprint density at radius 1 is 1.43 bits per heavy atom. The predicted molar refractivity (Wildman–Crippen MR) is 55.1 cm³/mol. The van der Waals surface area contributed by atoms with Gasteiger partial charge in [0.1, 0.15) is 0 Å². The zero-order valence-corrected chi connectivity index (χ0v) is 8.66. The molecule has 1 heterocycles. The highest BCUT2D eigenvalue weighted by molar-refractivity contribution is 5.76. The van der Waals surface area contributed by atoms with Crippen LogP contribution >= 0.6 is 0 Å². The standard InChI is InChI=1S/C10H18N2O2/c1-11-10(13)4-2-3-5-12-6-8-14-9-7-12/h2-3H,4-9H2,1H3,(H,11,13)/b3-2+. The lowest BCUT2D eigenvalue weighted by Crippen LogP contribution is -2.36. The quantitative estimate of drug-likeness (QED) is 0.647. The van der Waals surface area contributed by atoms with Crippen LogP contribution < -0.4 is 5.32 Å². The van der Waals surface area contributed by atoms with Gasteiger partial charge in [-0.25, -0.2) is 0 Å². The SMILES string of the molecule is CNC(=O)C/C=C/CN1CCOCC1. The van der Waals surface area contributed by atoms with Crippen LogP contribution in [0.1, 0.15) is 6.42 Å². The summed E-state index contributed by atoms with van der Waals surface area (Å²) in [5.74, 6) is 0.0585. The Morgan fingerprint density at radius 3 is 2.79 bits per heavy atom. The van der Waals surface area contributed by atoms with Gasteiger partial charge in [-0.1, -0.05) is 12.2 Å². The van der Waals surface area contributed by atoms with Gasteiger partial charge < -0.3 is 10.1 Å². The molecule has 0 radical (unpaired) electrons. The number of rotatable bonds is 4. The van der Waals surface area contributed by atoms with Crippen LogP contribution in [0.15, 0.2) is 12.2 Å². The van der Waals surface area contributed by atoms with E-state index in [9.17, 15) is 4.79 Å². The van der Waals surface area contributed by atoms with E-state index in [1.165, 1.54) is 0 Å². The summed E-state index contributed by atoms with van der Waals surface area (Å²) in [6.07, 6.45) is 4.43. The van der Waals surface area contributed by atoms with Gasteiger partial charge in [0.05, 0.1) is 13.2 Å². The number of nitrogens with one attached hydrogen (secondary N) is 1. The Balaban J connectivity index is 2.09. The normalized spacial score (nSPS) is 18.6. The first-order valence-electron chi connectivity index (χ1n) is 4.98. The Kier molecular flexibility index (Phi) is 5.25. The van der Waals surface area contributed by atoms with Crippen molar-refractivity contribution < 1.29 is 9.53 Å². The van der Waals surface area contributed by atoms with Crippen molar-refractivity contribution in [2.45, 2.75) is 6.42 Å². The molecule has 1 amide bonds. The van der Waals surface area contributed by atoms with Gasteiger partial charge in [0, 0.05) is 33.1 Å². The summed E-state index contributed by atoms with van der Waals surface area (Å²) in [6, 6.07) is 0. The molecule has 0 unspecified atom stereocenters. The third-order valence-corrected chi connectivity index (χ3v) is 2.22. The third-order valence-electron chi connectivity index (χ3n) is 2.22. The molecule has 0 spiro atoms. The van der Waals surface area contributed by atoms with Gasteiger partial charge in [-0.05, 0) is 0 Å². The molecule has 0 aromatic heterocycles. The second-order valence-corrected chi connectivity index (χ2v) is 3.26. The van der Waals surface area contributed by atoms with Crippen LogP contribution in [0.3, 0.4) is 0 Å². The average molecular weight is 198 g/mol. The molecular weight excluding hydrogens is 180 g/mol. The lowest BCUT2D eigenvalue weighted by molar-refractivity contribution is -0.119. The van der Waals surface area contributed by atoms with Crippen molar-refractivity contribution in [1.82, 2.24) is 10.2 Å². The summed E-state index contributed by atoms with van der Waals surface area (Å²) in [5, 5.41) is 2.58. The van der Waals surface area contributed by atoms with Crippen LogP contribution in [-0.2, 0) is 9.53 Å². The summed E-state index contributed by atoms with van der Waals surface area (Å²) >= 11 is 0. The van der Waals surface area contributed by atoms with Crippen molar-refractivity contribution in [2.75, 3.05) is 39.9 Å². The lowest BCUT2D eigenvalue weighted by Gasteiger charge is -2.25. The Bertz CT molecular complexity index is 198. The minimum atomic E-state index is 0.0585. The van der Waals surface area contributed by atoms with Crippen molar-refractivity contribution in [1.29, 1.82) is 0 Å². The third kappa shape index (κ3) is 4.39. The van der Waals surface area contributed by atoms with Crippen molar-refractivity contribution in [3.05, 3.63) is 12.2 Å². The molecule has 1 fully saturated rings. The van der Waals surface area contributed by atoms with Crippen molar-refractivity contribution in [3.8, 4) is 0 Å². The molecule has 4 heteroatoms. The molecule has 80 valence electrons. The number of amides is 1. The lowest BCUT2D eigenvalue weighted by atomic mass is 10.3. The van der Waals surface area contributed by atoms with Crippen molar-refractivity contribution in [3.63, 3.8) is 0 Å². The van der Waals surface area contributed by atoms with E-state index >= 15 is 0 Å². The van der Waals surface area contributed by atoms with E-state index < -0.39 is 0 Å². The topological polar surface area (TPSA) is 41.6 Å². The number of hydrogen-bond donors (Lipinski definition) is 1. The van der Waals surface area contributed by atoms with Crippen LogP contribution in [0.5, 0.6) is 0 Å². The van der Waals surface area contributed by atoms with Crippen LogP contribution in [0.25, 0.3) is 0 Å². The molecule has 0 aromatic rings. The average Bonchev–Trinajstić information content (AvgIpc) is 2.25. The number of carbonyl (C=O) groups is 1. The van der Waals surface area contributed by atoms with E-state index in [-0.39, 0.29) is 5.91 Å². The molecule has 0 aliphatic carbocycles. The molecule has 1 saturated heterocycles. The van der Waals surface area contributed by atoms with Gasteiger partial charge in [0.2, 0.25) is 5.91 Å². The minimum absolute atomic E-state index is 0.0585. The number of morpholine rings is 1. The van der Waals surface area contributed by atoms with Crippen molar-refractivity contribution in [2.24, 2.45) is 0 Å². The molecule has 4 nitrogen and oxygen atoms in total. The molecule has 1 N–H and O–H groups in total. The van der Waals surface area contributed by atoms with E-state index in [1.807, 2.05) is 12.2 Å². The van der Waals surface area contributed by atoms with E-state index in [4.69, 9.17) is 4.74 Å². The fourth-order valence-corrected chi connectivity index (χ4v) is 1.30. The summed E-state index contributed by atoms with van der Waals surface area (Å²) in [4.78, 5) is 13.2. The van der Waals surface area contributed by atoms with E-state index in [0.717, 1.165) is 32.8 Å². The summed E-state index contributed by atoms with van der Waals surface area (Å²) in [6.45, 7) is 4.54. The fourth-order valence-electron chi connectivity index (χ4n) is 1.30. The second-order valence-electron chi connectivity index (χ2n) is 3.26. The zero-order chi connectivity index (χ0) is 10.2. The first-order chi connectivity index (χ1) is 6.83. The highest BCUT2D eigenvalue weighted by atomic mass is 16.5. The largest absolute Gasteiger partial charge is 0.379 e. The number of nitrogens with zero attached hydrogens (tertiary/aromatic N) is 1. The van der Waals surface area contributed by atoms with E-state index in [0.29, 0.717) is 6.42 Å². The smallest absolute Gasteiger partial charge is 0.223 e. The molecule has 1 rings (SSSR count). The monoisotopic (exact) mass is 198 g/mol. The molecular formula is C10H18N2O2. The zero-order valence-electron chi connectivity index (χ0n) is 8.66. The first-order valence-corrected chi connectivity index (χ1v) is 4.98. The molecule has 0 saturated carbocycles. The van der Waals surface area contributed by atoms with Crippen molar-refractivity contribution >= 4 is 5.91 Å². The molecule has 14 heavy (non-hydrogen) atoms. The van der Waals surface area contributed by atoms with Gasteiger partial charge >= 0.3 is 0 Å². The van der Waals surface area contributed by atoms with Gasteiger partial charge in [0.25, 0.3) is 0 Å². The van der Waals surface area contributed by atoms with Gasteiger partial charge in [-0.3, -0.25) is 9.69 Å². The Morgan fingerprint density at radius 2 is 2.14 bits per heavy atom.